The first-order chi connectivity index (χ1) is 8.20. The topological polar surface area (TPSA) is 66.4 Å². The maximum absolute atomic E-state index is 13.2. The highest BCUT2D eigenvalue weighted by Crippen LogP contribution is 2.17. The van der Waals surface area contributed by atoms with E-state index in [1.54, 1.807) is 31.2 Å². The summed E-state index contributed by atoms with van der Waals surface area (Å²) >= 11 is 0. The summed E-state index contributed by atoms with van der Waals surface area (Å²) in [5.74, 6) is -5.08. The van der Waals surface area contributed by atoms with Crippen molar-refractivity contribution in [1.82, 2.24) is 5.32 Å². The van der Waals surface area contributed by atoms with Crippen LogP contribution < -0.4 is 5.32 Å². The van der Waals surface area contributed by atoms with Crippen molar-refractivity contribution < 1.29 is 21.8 Å². The molecule has 0 bridgehead atoms. The number of nitrogens with one attached hydrogen (secondary N) is 1. The fourth-order valence-corrected chi connectivity index (χ4v) is 2.12. The van der Waals surface area contributed by atoms with Gasteiger partial charge in [0, 0.05) is 6.04 Å². The van der Waals surface area contributed by atoms with Gasteiger partial charge >= 0.3 is 0 Å². The Morgan fingerprint density at radius 1 is 1.33 bits per heavy atom. The van der Waals surface area contributed by atoms with E-state index in [0.29, 0.717) is 0 Å². The van der Waals surface area contributed by atoms with Crippen molar-refractivity contribution in [2.24, 2.45) is 0 Å². The third kappa shape index (κ3) is 5.52. The SMILES string of the molecule is C[C@H](NCC(F)(F)CS(=O)(=O)O)c1ccccc1. The first-order valence-electron chi connectivity index (χ1n) is 5.31. The minimum absolute atomic E-state index is 0.335. The lowest BCUT2D eigenvalue weighted by Gasteiger charge is -2.19. The van der Waals surface area contributed by atoms with Gasteiger partial charge in [-0.15, -0.1) is 0 Å². The first-order valence-corrected chi connectivity index (χ1v) is 6.92. The molecule has 0 unspecified atom stereocenters. The number of halogens is 2. The minimum Gasteiger partial charge on any atom is -0.305 e. The Morgan fingerprint density at radius 2 is 1.89 bits per heavy atom. The molecule has 0 radical (unpaired) electrons. The van der Waals surface area contributed by atoms with Crippen LogP contribution in [0.25, 0.3) is 0 Å². The monoisotopic (exact) mass is 279 g/mol. The van der Waals surface area contributed by atoms with Crippen LogP contribution in [-0.4, -0.2) is 31.2 Å². The van der Waals surface area contributed by atoms with Crippen LogP contribution in [0.4, 0.5) is 8.78 Å². The van der Waals surface area contributed by atoms with E-state index in [1.807, 2.05) is 6.07 Å². The van der Waals surface area contributed by atoms with Gasteiger partial charge in [0.1, 0.15) is 5.75 Å². The smallest absolute Gasteiger partial charge is 0.276 e. The van der Waals surface area contributed by atoms with Crippen LogP contribution in [-0.2, 0) is 10.1 Å². The maximum atomic E-state index is 13.2. The fraction of sp³-hybridized carbons (Fsp3) is 0.455. The van der Waals surface area contributed by atoms with Crippen LogP contribution in [0.2, 0.25) is 0 Å². The molecular formula is C11H15F2NO3S. The molecule has 1 atom stereocenters. The molecule has 1 rings (SSSR count). The molecular weight excluding hydrogens is 264 g/mol. The Labute approximate surface area is 105 Å². The van der Waals surface area contributed by atoms with Gasteiger partial charge in [0.15, 0.2) is 0 Å². The Bertz CT molecular complexity index is 476. The summed E-state index contributed by atoms with van der Waals surface area (Å²) in [6.45, 7) is 0.877. The average Bonchev–Trinajstić information content (AvgIpc) is 2.24. The quantitative estimate of drug-likeness (QED) is 0.780. The molecule has 18 heavy (non-hydrogen) atoms. The Hall–Kier alpha value is -1.05. The number of benzene rings is 1. The van der Waals surface area contributed by atoms with Crippen molar-refractivity contribution in [2.75, 3.05) is 12.3 Å². The van der Waals surface area contributed by atoms with Crippen molar-refractivity contribution in [3.63, 3.8) is 0 Å². The van der Waals surface area contributed by atoms with Gasteiger partial charge in [-0.3, -0.25) is 4.55 Å². The molecule has 1 aromatic rings. The third-order valence-corrected chi connectivity index (χ3v) is 3.15. The summed E-state index contributed by atoms with van der Waals surface area (Å²) < 4.78 is 55.6. The van der Waals surface area contributed by atoms with E-state index >= 15 is 0 Å². The van der Waals surface area contributed by atoms with Gasteiger partial charge < -0.3 is 5.32 Å². The summed E-state index contributed by atoms with van der Waals surface area (Å²) in [4.78, 5) is 0. The van der Waals surface area contributed by atoms with E-state index in [2.05, 4.69) is 5.32 Å². The summed E-state index contributed by atoms with van der Waals surface area (Å²) in [5.41, 5.74) is 0.820. The molecule has 1 aromatic carbocycles. The van der Waals surface area contributed by atoms with E-state index in [4.69, 9.17) is 4.55 Å². The summed E-state index contributed by atoms with van der Waals surface area (Å²) in [6, 6.07) is 8.59. The Kier molecular flexibility index (Phi) is 4.78. The van der Waals surface area contributed by atoms with Crippen molar-refractivity contribution in [2.45, 2.75) is 18.9 Å². The van der Waals surface area contributed by atoms with E-state index in [-0.39, 0.29) is 6.04 Å². The molecule has 0 aliphatic carbocycles. The molecule has 0 aromatic heterocycles. The lowest BCUT2D eigenvalue weighted by atomic mass is 10.1. The zero-order chi connectivity index (χ0) is 13.8. The van der Waals surface area contributed by atoms with Gasteiger partial charge in [-0.25, -0.2) is 8.78 Å². The zero-order valence-electron chi connectivity index (χ0n) is 9.81. The second-order valence-electron chi connectivity index (χ2n) is 4.10. The fourth-order valence-electron chi connectivity index (χ4n) is 1.48. The molecule has 0 spiro atoms. The van der Waals surface area contributed by atoms with Gasteiger partial charge in [-0.1, -0.05) is 30.3 Å². The lowest BCUT2D eigenvalue weighted by Crippen LogP contribution is -2.39. The second-order valence-corrected chi connectivity index (χ2v) is 5.55. The largest absolute Gasteiger partial charge is 0.305 e. The van der Waals surface area contributed by atoms with Crippen molar-refractivity contribution >= 4 is 10.1 Å². The zero-order valence-corrected chi connectivity index (χ0v) is 10.6. The van der Waals surface area contributed by atoms with Gasteiger partial charge in [0.2, 0.25) is 0 Å². The first kappa shape index (κ1) is 15.0. The average molecular weight is 279 g/mol. The van der Waals surface area contributed by atoms with Crippen LogP contribution in [0, 0.1) is 0 Å². The highest BCUT2D eigenvalue weighted by atomic mass is 32.2. The van der Waals surface area contributed by atoms with Crippen LogP contribution >= 0.6 is 0 Å². The Balaban J connectivity index is 2.55. The predicted molar refractivity (Wildman–Crippen MR) is 64.2 cm³/mol. The van der Waals surface area contributed by atoms with Gasteiger partial charge in [0.05, 0.1) is 6.54 Å². The summed E-state index contributed by atoms with van der Waals surface area (Å²) in [7, 11) is -4.68. The van der Waals surface area contributed by atoms with E-state index in [9.17, 15) is 17.2 Å². The molecule has 0 aliphatic rings. The standard InChI is InChI=1S/C11H15F2NO3S/c1-9(10-5-3-2-4-6-10)14-7-11(12,13)8-18(15,16)17/h2-6,9,14H,7-8H2,1H3,(H,15,16,17)/t9-/m0/s1. The number of hydrogen-bond donors (Lipinski definition) is 2. The molecule has 0 fully saturated rings. The van der Waals surface area contributed by atoms with Crippen LogP contribution in [0.5, 0.6) is 0 Å². The molecule has 4 nitrogen and oxygen atoms in total. The van der Waals surface area contributed by atoms with Crippen molar-refractivity contribution in [3.8, 4) is 0 Å². The molecule has 0 saturated heterocycles. The van der Waals surface area contributed by atoms with Gasteiger partial charge in [0.25, 0.3) is 16.0 Å². The van der Waals surface area contributed by atoms with E-state index in [1.165, 1.54) is 0 Å². The number of alkyl halides is 2. The van der Waals surface area contributed by atoms with Gasteiger partial charge in [-0.05, 0) is 12.5 Å². The molecule has 0 saturated carbocycles. The minimum atomic E-state index is -4.68. The lowest BCUT2D eigenvalue weighted by molar-refractivity contribution is 0.0226. The van der Waals surface area contributed by atoms with Crippen molar-refractivity contribution in [3.05, 3.63) is 35.9 Å². The molecule has 0 heterocycles. The highest BCUT2D eigenvalue weighted by Gasteiger charge is 2.34. The normalized spacial score (nSPS) is 14.4. The molecule has 0 amide bonds. The molecule has 102 valence electrons. The molecule has 2 N–H and O–H groups in total. The maximum Gasteiger partial charge on any atom is 0.276 e. The Morgan fingerprint density at radius 3 is 2.39 bits per heavy atom. The van der Waals surface area contributed by atoms with Crippen molar-refractivity contribution in [1.29, 1.82) is 0 Å². The molecule has 0 aliphatic heterocycles. The van der Waals surface area contributed by atoms with E-state index < -0.39 is 28.3 Å². The number of rotatable bonds is 6. The number of hydrogen-bond acceptors (Lipinski definition) is 3. The third-order valence-electron chi connectivity index (χ3n) is 2.36. The van der Waals surface area contributed by atoms with Crippen LogP contribution in [0.15, 0.2) is 30.3 Å². The summed E-state index contributed by atoms with van der Waals surface area (Å²) in [5, 5.41) is 2.54. The highest BCUT2D eigenvalue weighted by molar-refractivity contribution is 7.85. The van der Waals surface area contributed by atoms with Gasteiger partial charge in [-0.2, -0.15) is 8.42 Å². The van der Waals surface area contributed by atoms with Crippen LogP contribution in [0.3, 0.4) is 0 Å². The summed E-state index contributed by atoms with van der Waals surface area (Å²) in [6.07, 6.45) is 0. The van der Waals surface area contributed by atoms with Crippen LogP contribution in [0.1, 0.15) is 18.5 Å². The second kappa shape index (κ2) is 5.73. The predicted octanol–water partition coefficient (Wildman–Crippen LogP) is 1.86. The molecule has 7 heteroatoms. The van der Waals surface area contributed by atoms with E-state index in [0.717, 1.165) is 5.56 Å².